The predicted octanol–water partition coefficient (Wildman–Crippen LogP) is 0.767. The average molecular weight is 308 g/mol. The molecule has 9 heteroatoms. The quantitative estimate of drug-likeness (QED) is 0.369. The van der Waals surface area contributed by atoms with Gasteiger partial charge in [-0.1, -0.05) is 5.16 Å². The van der Waals surface area contributed by atoms with E-state index in [2.05, 4.69) is 15.1 Å². The number of hydrogen-bond acceptors (Lipinski definition) is 7. The van der Waals surface area contributed by atoms with Gasteiger partial charge in [-0.2, -0.15) is 0 Å². The molecule has 0 radical (unpaired) electrons. The number of sulfone groups is 1. The Hall–Kier alpha value is -2.68. The number of hydrogen-bond donors (Lipinski definition) is 2. The first-order valence-corrected chi connectivity index (χ1v) is 7.58. The molecule has 110 valence electrons. The Labute approximate surface area is 120 Å². The van der Waals surface area contributed by atoms with Crippen LogP contribution in [0.5, 0.6) is 11.6 Å². The van der Waals surface area contributed by atoms with Crippen molar-refractivity contribution >= 4 is 15.7 Å². The molecule has 1 heterocycles. The minimum Gasteiger partial charge on any atom is -0.437 e. The van der Waals surface area contributed by atoms with Crippen molar-refractivity contribution in [2.75, 3.05) is 6.26 Å². The van der Waals surface area contributed by atoms with E-state index in [0.717, 1.165) is 6.26 Å². The molecule has 0 aliphatic carbocycles. The number of amidine groups is 1. The van der Waals surface area contributed by atoms with Gasteiger partial charge in [0.25, 0.3) is 0 Å². The summed E-state index contributed by atoms with van der Waals surface area (Å²) in [5.41, 5.74) is 5.54. The van der Waals surface area contributed by atoms with Gasteiger partial charge in [-0.25, -0.2) is 18.4 Å². The summed E-state index contributed by atoms with van der Waals surface area (Å²) < 4.78 is 28.2. The second kappa shape index (κ2) is 5.75. The summed E-state index contributed by atoms with van der Waals surface area (Å²) in [6, 6.07) is 5.76. The van der Waals surface area contributed by atoms with Crippen molar-refractivity contribution < 1.29 is 18.4 Å². The van der Waals surface area contributed by atoms with Crippen LogP contribution in [0.2, 0.25) is 0 Å². The van der Waals surface area contributed by atoms with E-state index in [4.69, 9.17) is 15.7 Å². The smallest absolute Gasteiger partial charge is 0.249 e. The molecule has 8 nitrogen and oxygen atoms in total. The normalized spacial score (nSPS) is 12.1. The summed E-state index contributed by atoms with van der Waals surface area (Å²) in [4.78, 5) is 8.01. The maximum Gasteiger partial charge on any atom is 0.249 e. The molecule has 3 N–H and O–H groups in total. The van der Waals surface area contributed by atoms with Crippen LogP contribution in [0.15, 0.2) is 46.7 Å². The summed E-state index contributed by atoms with van der Waals surface area (Å²) in [6.45, 7) is 0. The number of benzene rings is 1. The predicted molar refractivity (Wildman–Crippen MR) is 74.2 cm³/mol. The lowest BCUT2D eigenvalue weighted by Crippen LogP contribution is -2.16. The molecule has 0 spiro atoms. The molecule has 1 aromatic carbocycles. The first-order valence-electron chi connectivity index (χ1n) is 5.68. The molecule has 21 heavy (non-hydrogen) atoms. The standard InChI is InChI=1S/C12H12N4O4S/c1-21(18,19)9-4-2-8(3-5-9)20-12-10(11(13)16-17)14-6-7-15-12/h2-7,17H,1H3,(H2,13,16). The fourth-order valence-electron chi connectivity index (χ4n) is 1.49. The molecule has 0 unspecified atom stereocenters. The highest BCUT2D eigenvalue weighted by Gasteiger charge is 2.13. The molecular formula is C12H12N4O4S. The summed E-state index contributed by atoms with van der Waals surface area (Å²) >= 11 is 0. The first kappa shape index (κ1) is 14.7. The molecule has 0 fully saturated rings. The fourth-order valence-corrected chi connectivity index (χ4v) is 2.12. The Morgan fingerprint density at radius 1 is 1.24 bits per heavy atom. The van der Waals surface area contributed by atoms with Gasteiger partial charge in [0, 0.05) is 18.6 Å². The Morgan fingerprint density at radius 3 is 2.43 bits per heavy atom. The van der Waals surface area contributed by atoms with Crippen LogP contribution in [0.3, 0.4) is 0 Å². The van der Waals surface area contributed by atoms with Crippen LogP contribution < -0.4 is 10.5 Å². The van der Waals surface area contributed by atoms with Crippen LogP contribution in [-0.2, 0) is 9.84 Å². The number of aromatic nitrogens is 2. The van der Waals surface area contributed by atoms with Gasteiger partial charge in [-0.15, -0.1) is 0 Å². The lowest BCUT2D eigenvalue weighted by atomic mass is 10.3. The topological polar surface area (TPSA) is 128 Å². The van der Waals surface area contributed by atoms with E-state index in [1.165, 1.54) is 36.7 Å². The van der Waals surface area contributed by atoms with Crippen molar-refractivity contribution in [3.05, 3.63) is 42.4 Å². The van der Waals surface area contributed by atoms with Crippen molar-refractivity contribution in [3.8, 4) is 11.6 Å². The maximum atomic E-state index is 11.4. The van der Waals surface area contributed by atoms with Crippen LogP contribution in [0.1, 0.15) is 5.69 Å². The van der Waals surface area contributed by atoms with Crippen molar-refractivity contribution in [1.29, 1.82) is 0 Å². The third-order valence-electron chi connectivity index (χ3n) is 2.48. The zero-order valence-electron chi connectivity index (χ0n) is 11.0. The molecule has 2 rings (SSSR count). The van der Waals surface area contributed by atoms with Gasteiger partial charge in [-0.3, -0.25) is 0 Å². The van der Waals surface area contributed by atoms with E-state index in [0.29, 0.717) is 5.75 Å². The Morgan fingerprint density at radius 2 is 1.86 bits per heavy atom. The number of oxime groups is 1. The second-order valence-electron chi connectivity index (χ2n) is 4.04. The molecule has 0 saturated heterocycles. The second-order valence-corrected chi connectivity index (χ2v) is 6.06. The molecule has 0 atom stereocenters. The first-order chi connectivity index (χ1) is 9.91. The van der Waals surface area contributed by atoms with Crippen LogP contribution in [-0.4, -0.2) is 35.7 Å². The van der Waals surface area contributed by atoms with Crippen molar-refractivity contribution in [1.82, 2.24) is 9.97 Å². The van der Waals surface area contributed by atoms with E-state index in [1.807, 2.05) is 0 Å². The lowest BCUT2D eigenvalue weighted by molar-refractivity contribution is 0.318. The molecule has 1 aromatic heterocycles. The van der Waals surface area contributed by atoms with Gasteiger partial charge in [0.15, 0.2) is 21.4 Å². The van der Waals surface area contributed by atoms with Gasteiger partial charge in [0.2, 0.25) is 5.88 Å². The number of ether oxygens (including phenoxy) is 1. The van der Waals surface area contributed by atoms with E-state index in [9.17, 15) is 8.42 Å². The van der Waals surface area contributed by atoms with Gasteiger partial charge in [0.1, 0.15) is 5.75 Å². The van der Waals surface area contributed by atoms with E-state index >= 15 is 0 Å². The Balaban J connectivity index is 2.31. The molecule has 0 aliphatic rings. The van der Waals surface area contributed by atoms with Crippen LogP contribution in [0.25, 0.3) is 0 Å². The number of nitrogens with zero attached hydrogens (tertiary/aromatic N) is 3. The number of nitrogens with two attached hydrogens (primary N) is 1. The van der Waals surface area contributed by atoms with Crippen molar-refractivity contribution in [2.45, 2.75) is 4.90 Å². The van der Waals surface area contributed by atoms with Gasteiger partial charge in [0.05, 0.1) is 4.90 Å². The monoisotopic (exact) mass is 308 g/mol. The maximum absolute atomic E-state index is 11.4. The molecule has 0 aliphatic heterocycles. The van der Waals surface area contributed by atoms with Crippen LogP contribution in [0, 0.1) is 0 Å². The fraction of sp³-hybridized carbons (Fsp3) is 0.0833. The van der Waals surface area contributed by atoms with E-state index in [1.54, 1.807) is 0 Å². The molecular weight excluding hydrogens is 296 g/mol. The zero-order valence-corrected chi connectivity index (χ0v) is 11.8. The minimum absolute atomic E-state index is 0.0416. The zero-order chi connectivity index (χ0) is 15.5. The van der Waals surface area contributed by atoms with Gasteiger partial charge in [-0.05, 0) is 24.3 Å². The van der Waals surface area contributed by atoms with Crippen molar-refractivity contribution in [3.63, 3.8) is 0 Å². The molecule has 0 bridgehead atoms. The SMILES string of the molecule is CS(=O)(=O)c1ccc(Oc2nccnc2C(N)=NO)cc1. The summed E-state index contributed by atoms with van der Waals surface area (Å²) in [6.07, 6.45) is 3.86. The third kappa shape index (κ3) is 3.45. The number of rotatable bonds is 4. The minimum atomic E-state index is -3.27. The van der Waals surface area contributed by atoms with Crippen LogP contribution in [0.4, 0.5) is 0 Å². The average Bonchev–Trinajstić information content (AvgIpc) is 2.46. The Kier molecular flexibility index (Phi) is 4.03. The summed E-state index contributed by atoms with van der Waals surface area (Å²) in [5, 5.41) is 11.5. The largest absolute Gasteiger partial charge is 0.437 e. The van der Waals surface area contributed by atoms with Crippen molar-refractivity contribution in [2.24, 2.45) is 10.9 Å². The van der Waals surface area contributed by atoms with E-state index < -0.39 is 9.84 Å². The highest BCUT2D eigenvalue weighted by Crippen LogP contribution is 2.23. The molecule has 0 amide bonds. The van der Waals surface area contributed by atoms with Gasteiger partial charge >= 0.3 is 0 Å². The molecule has 0 saturated carbocycles. The molecule has 2 aromatic rings. The highest BCUT2D eigenvalue weighted by atomic mass is 32.2. The summed E-state index contributed by atoms with van der Waals surface area (Å²) in [5.74, 6) is 0.139. The Bertz CT molecular complexity index is 772. The van der Waals surface area contributed by atoms with E-state index in [-0.39, 0.29) is 22.3 Å². The summed E-state index contributed by atoms with van der Waals surface area (Å²) in [7, 11) is -3.27. The third-order valence-corrected chi connectivity index (χ3v) is 3.61. The highest BCUT2D eigenvalue weighted by molar-refractivity contribution is 7.90. The van der Waals surface area contributed by atoms with Gasteiger partial charge < -0.3 is 15.7 Å². The van der Waals surface area contributed by atoms with Crippen LogP contribution >= 0.6 is 0 Å². The lowest BCUT2D eigenvalue weighted by Gasteiger charge is -2.08.